The second-order valence-corrected chi connectivity index (χ2v) is 11.0. The summed E-state index contributed by atoms with van der Waals surface area (Å²) < 4.78 is 30.0. The lowest BCUT2D eigenvalue weighted by Gasteiger charge is -2.28. The van der Waals surface area contributed by atoms with Crippen LogP contribution in [0.4, 0.5) is 5.69 Å². The Morgan fingerprint density at radius 1 is 1.09 bits per heavy atom. The number of hydrogen-bond donors (Lipinski definition) is 1. The molecule has 6 nitrogen and oxygen atoms in total. The topological polar surface area (TPSA) is 75.7 Å². The highest BCUT2D eigenvalue weighted by atomic mass is 35.5. The fourth-order valence-corrected chi connectivity index (χ4v) is 4.22. The van der Waals surface area contributed by atoms with Gasteiger partial charge in [-0.25, -0.2) is 13.1 Å². The summed E-state index contributed by atoms with van der Waals surface area (Å²) in [5, 5.41) is 0.839. The minimum absolute atomic E-state index is 0.0836. The molecule has 10 heteroatoms. The van der Waals surface area contributed by atoms with Crippen molar-refractivity contribution in [2.45, 2.75) is 19.3 Å². The fraction of sp³-hybridized carbons (Fsp3) is 0.409. The molecule has 0 amide bonds. The minimum Gasteiger partial charge on any atom is -0.489 e. The molecule has 0 saturated carbocycles. The molecule has 0 spiro atoms. The number of anilines is 1. The standard InChI is InChI=1S/C22H27Cl3N2O4S/c1-22(2,16-11-19(24)21(20(25)12-16)31-10-9-23)15-5-7-17(8-6-15)27(3)14-18(28)13-26-32(4,29)30/h5-8,11-12,26H,9-10,13-14H2,1-4H3. The lowest BCUT2D eigenvalue weighted by molar-refractivity contribution is -0.116. The molecular formula is C22H27Cl3N2O4S. The van der Waals surface area contributed by atoms with Crippen molar-refractivity contribution in [3.05, 3.63) is 57.6 Å². The van der Waals surface area contributed by atoms with Gasteiger partial charge in [0, 0.05) is 18.2 Å². The monoisotopic (exact) mass is 520 g/mol. The van der Waals surface area contributed by atoms with Gasteiger partial charge < -0.3 is 9.64 Å². The molecule has 32 heavy (non-hydrogen) atoms. The largest absolute Gasteiger partial charge is 0.489 e. The number of likely N-dealkylation sites (N-methyl/N-ethyl adjacent to an activating group) is 1. The van der Waals surface area contributed by atoms with Crippen LogP contribution in [-0.2, 0) is 20.2 Å². The van der Waals surface area contributed by atoms with Crippen LogP contribution in [0, 0.1) is 0 Å². The quantitative estimate of drug-likeness (QED) is 0.441. The summed E-state index contributed by atoms with van der Waals surface area (Å²) in [6.45, 7) is 4.28. The number of nitrogens with zero attached hydrogens (tertiary/aromatic N) is 1. The average Bonchev–Trinajstić information content (AvgIpc) is 2.71. The number of benzene rings is 2. The van der Waals surface area contributed by atoms with E-state index in [9.17, 15) is 13.2 Å². The molecule has 0 saturated heterocycles. The van der Waals surface area contributed by atoms with Gasteiger partial charge >= 0.3 is 0 Å². The molecule has 2 aromatic carbocycles. The second kappa shape index (κ2) is 11.1. The molecule has 0 aliphatic carbocycles. The molecule has 0 atom stereocenters. The van der Waals surface area contributed by atoms with E-state index in [0.29, 0.717) is 28.3 Å². The maximum atomic E-state index is 12.0. The number of alkyl halides is 1. The highest BCUT2D eigenvalue weighted by Crippen LogP contribution is 2.40. The molecule has 0 fully saturated rings. The maximum absolute atomic E-state index is 12.0. The summed E-state index contributed by atoms with van der Waals surface area (Å²) in [5.41, 5.74) is 2.39. The molecule has 0 aliphatic heterocycles. The number of rotatable bonds is 11. The number of nitrogens with one attached hydrogen (secondary N) is 1. The predicted octanol–water partition coefficient (Wildman–Crippen LogP) is 4.49. The van der Waals surface area contributed by atoms with Gasteiger partial charge in [-0.2, -0.15) is 0 Å². The third kappa shape index (κ3) is 7.25. The van der Waals surface area contributed by atoms with Gasteiger partial charge in [-0.05, 0) is 35.4 Å². The molecule has 0 aromatic heterocycles. The highest BCUT2D eigenvalue weighted by molar-refractivity contribution is 7.88. The first-order chi connectivity index (χ1) is 14.8. The van der Waals surface area contributed by atoms with Crippen molar-refractivity contribution < 1.29 is 17.9 Å². The van der Waals surface area contributed by atoms with E-state index in [1.807, 2.05) is 36.4 Å². The Balaban J connectivity index is 2.16. The molecule has 0 aliphatic rings. The molecule has 0 heterocycles. The molecule has 1 N–H and O–H groups in total. The Morgan fingerprint density at radius 3 is 2.16 bits per heavy atom. The summed E-state index contributed by atoms with van der Waals surface area (Å²) in [5.74, 6) is 0.518. The van der Waals surface area contributed by atoms with Crippen LogP contribution in [0.1, 0.15) is 25.0 Å². The van der Waals surface area contributed by atoms with Crippen molar-refractivity contribution >= 4 is 56.3 Å². The highest BCUT2D eigenvalue weighted by Gasteiger charge is 2.26. The zero-order valence-electron chi connectivity index (χ0n) is 18.4. The summed E-state index contributed by atoms with van der Waals surface area (Å²) >= 11 is 18.5. The van der Waals surface area contributed by atoms with E-state index in [4.69, 9.17) is 39.5 Å². The van der Waals surface area contributed by atoms with Gasteiger partial charge in [0.1, 0.15) is 6.61 Å². The summed E-state index contributed by atoms with van der Waals surface area (Å²) in [6, 6.07) is 11.5. The van der Waals surface area contributed by atoms with Crippen LogP contribution in [-0.4, -0.2) is 53.1 Å². The van der Waals surface area contributed by atoms with Crippen LogP contribution in [0.2, 0.25) is 10.0 Å². The fourth-order valence-electron chi connectivity index (χ4n) is 3.12. The molecule has 176 valence electrons. The number of halogens is 3. The van der Waals surface area contributed by atoms with E-state index in [0.717, 1.165) is 23.1 Å². The van der Waals surface area contributed by atoms with Gasteiger partial charge in [-0.15, -0.1) is 11.6 Å². The van der Waals surface area contributed by atoms with Crippen molar-refractivity contribution in [2.24, 2.45) is 0 Å². The zero-order chi connectivity index (χ0) is 24.1. The average molecular weight is 522 g/mol. The number of sulfonamides is 1. The van der Waals surface area contributed by atoms with Crippen LogP contribution in [0.15, 0.2) is 36.4 Å². The van der Waals surface area contributed by atoms with Gasteiger partial charge in [-0.3, -0.25) is 4.79 Å². The minimum atomic E-state index is -3.40. The van der Waals surface area contributed by atoms with E-state index in [1.165, 1.54) is 0 Å². The summed E-state index contributed by atoms with van der Waals surface area (Å²) in [6.07, 6.45) is 1.02. The van der Waals surface area contributed by atoms with Crippen LogP contribution < -0.4 is 14.4 Å². The Bertz CT molecular complexity index is 1030. The number of carbonyl (C=O) groups is 1. The Labute approximate surface area is 204 Å². The van der Waals surface area contributed by atoms with Crippen LogP contribution in [0.25, 0.3) is 0 Å². The van der Waals surface area contributed by atoms with Crippen LogP contribution in [0.3, 0.4) is 0 Å². The lowest BCUT2D eigenvalue weighted by atomic mass is 9.78. The van der Waals surface area contributed by atoms with Crippen LogP contribution in [0.5, 0.6) is 5.75 Å². The van der Waals surface area contributed by atoms with Gasteiger partial charge in [0.05, 0.1) is 35.3 Å². The smallest absolute Gasteiger partial charge is 0.209 e. The summed E-state index contributed by atoms with van der Waals surface area (Å²) in [7, 11) is -1.63. The number of ether oxygens (including phenoxy) is 1. The Hall–Kier alpha value is -1.51. The summed E-state index contributed by atoms with van der Waals surface area (Å²) in [4.78, 5) is 13.8. The SMILES string of the molecule is CN(CC(=O)CNS(C)(=O)=O)c1ccc(C(C)(C)c2cc(Cl)c(OCCCl)c(Cl)c2)cc1. The van der Waals surface area contributed by atoms with E-state index >= 15 is 0 Å². The van der Waals surface area contributed by atoms with E-state index < -0.39 is 15.4 Å². The van der Waals surface area contributed by atoms with Crippen molar-refractivity contribution in [3.8, 4) is 5.75 Å². The Morgan fingerprint density at radius 2 is 1.66 bits per heavy atom. The molecule has 2 aromatic rings. The molecule has 0 unspecified atom stereocenters. The van der Waals surface area contributed by atoms with Gasteiger partial charge in [0.2, 0.25) is 10.0 Å². The van der Waals surface area contributed by atoms with E-state index in [2.05, 4.69) is 18.6 Å². The maximum Gasteiger partial charge on any atom is 0.209 e. The normalized spacial score (nSPS) is 12.0. The van der Waals surface area contributed by atoms with E-state index in [-0.39, 0.29) is 18.9 Å². The van der Waals surface area contributed by atoms with Gasteiger partial charge in [0.25, 0.3) is 0 Å². The van der Waals surface area contributed by atoms with Crippen LogP contribution >= 0.6 is 34.8 Å². The first-order valence-electron chi connectivity index (χ1n) is 9.81. The van der Waals surface area contributed by atoms with Crippen molar-refractivity contribution in [1.82, 2.24) is 4.72 Å². The van der Waals surface area contributed by atoms with Crippen molar-refractivity contribution in [1.29, 1.82) is 0 Å². The first kappa shape index (κ1) is 26.7. The van der Waals surface area contributed by atoms with E-state index in [1.54, 1.807) is 11.9 Å². The predicted molar refractivity (Wildman–Crippen MR) is 132 cm³/mol. The van der Waals surface area contributed by atoms with Crippen molar-refractivity contribution in [2.75, 3.05) is 43.8 Å². The number of carbonyl (C=O) groups excluding carboxylic acids is 1. The number of ketones is 1. The zero-order valence-corrected chi connectivity index (χ0v) is 21.5. The molecule has 0 radical (unpaired) electrons. The molecule has 2 rings (SSSR count). The van der Waals surface area contributed by atoms with Gasteiger partial charge in [0.15, 0.2) is 11.5 Å². The number of hydrogen-bond acceptors (Lipinski definition) is 5. The Kier molecular flexibility index (Phi) is 9.25. The first-order valence-corrected chi connectivity index (χ1v) is 13.0. The third-order valence-electron chi connectivity index (χ3n) is 5.02. The lowest BCUT2D eigenvalue weighted by Crippen LogP contribution is -2.35. The molecule has 0 bridgehead atoms. The second-order valence-electron chi connectivity index (χ2n) is 7.97. The number of Topliss-reactive ketones (excluding diaryl/α,β-unsaturated/α-hetero) is 1. The van der Waals surface area contributed by atoms with Crippen molar-refractivity contribution in [3.63, 3.8) is 0 Å². The van der Waals surface area contributed by atoms with Gasteiger partial charge in [-0.1, -0.05) is 49.2 Å². The third-order valence-corrected chi connectivity index (χ3v) is 6.40. The molecular weight excluding hydrogens is 495 g/mol.